The summed E-state index contributed by atoms with van der Waals surface area (Å²) >= 11 is 5.01. The topological polar surface area (TPSA) is 71.6 Å². The molecule has 6 nitrogen and oxygen atoms in total. The summed E-state index contributed by atoms with van der Waals surface area (Å²) in [6.45, 7) is 10.3. The molecular formula is C27H29BrN2O4S. The van der Waals surface area contributed by atoms with E-state index in [0.717, 1.165) is 37.6 Å². The lowest BCUT2D eigenvalue weighted by Gasteiger charge is -2.28. The van der Waals surface area contributed by atoms with Crippen molar-refractivity contribution < 1.29 is 14.3 Å². The molecule has 2 aromatic heterocycles. The van der Waals surface area contributed by atoms with E-state index in [1.54, 1.807) is 12.0 Å². The molecule has 8 heteroatoms. The average Bonchev–Trinajstić information content (AvgIpc) is 3.27. The highest BCUT2D eigenvalue weighted by Gasteiger charge is 2.25. The highest BCUT2D eigenvalue weighted by molar-refractivity contribution is 9.10. The van der Waals surface area contributed by atoms with Crippen LogP contribution in [0.1, 0.15) is 34.6 Å². The van der Waals surface area contributed by atoms with Crippen LogP contribution in [-0.2, 0) is 4.74 Å². The van der Waals surface area contributed by atoms with Crippen LogP contribution >= 0.6 is 27.3 Å². The third-order valence-electron chi connectivity index (χ3n) is 5.47. The van der Waals surface area contributed by atoms with Gasteiger partial charge in [-0.15, -0.1) is 11.3 Å². The Kier molecular flexibility index (Phi) is 6.97. The Morgan fingerprint density at radius 1 is 1.17 bits per heavy atom. The number of rotatable bonds is 5. The largest absolute Gasteiger partial charge is 0.496 e. The summed E-state index contributed by atoms with van der Waals surface area (Å²) in [5.41, 5.74) is 2.57. The van der Waals surface area contributed by atoms with Gasteiger partial charge in [0.25, 0.3) is 5.56 Å². The summed E-state index contributed by atoms with van der Waals surface area (Å²) in [5.74, 6) is 0.948. The fourth-order valence-corrected chi connectivity index (χ4v) is 5.39. The zero-order chi connectivity index (χ0) is 25.5. The monoisotopic (exact) mass is 556 g/mol. The minimum Gasteiger partial charge on any atom is -0.496 e. The van der Waals surface area contributed by atoms with Crippen LogP contribution in [0, 0.1) is 5.92 Å². The number of amides is 1. The van der Waals surface area contributed by atoms with Crippen LogP contribution in [-0.4, -0.2) is 30.3 Å². The van der Waals surface area contributed by atoms with Gasteiger partial charge in [-0.3, -0.25) is 9.69 Å². The van der Waals surface area contributed by atoms with Crippen molar-refractivity contribution in [3.8, 4) is 16.9 Å². The summed E-state index contributed by atoms with van der Waals surface area (Å²) < 4.78 is 12.8. The number of fused-ring (bicyclic) bond motifs is 3. The molecule has 0 bridgehead atoms. The Bertz CT molecular complexity index is 1450. The number of methoxy groups -OCH3 is 1. The molecule has 4 rings (SSSR count). The molecule has 4 aromatic rings. The number of aromatic nitrogens is 1. The zero-order valence-electron chi connectivity index (χ0n) is 20.7. The molecule has 0 aliphatic carbocycles. The third kappa shape index (κ3) is 5.09. The second-order valence-electron chi connectivity index (χ2n) is 9.83. The van der Waals surface area contributed by atoms with E-state index in [1.165, 1.54) is 11.3 Å². The second-order valence-corrected chi connectivity index (χ2v) is 11.6. The molecule has 184 valence electrons. The highest BCUT2D eigenvalue weighted by Crippen LogP contribution is 2.43. The molecule has 2 aromatic carbocycles. The van der Waals surface area contributed by atoms with Gasteiger partial charge in [-0.05, 0) is 77.8 Å². The van der Waals surface area contributed by atoms with Crippen molar-refractivity contribution in [3.63, 3.8) is 0 Å². The zero-order valence-corrected chi connectivity index (χ0v) is 23.1. The van der Waals surface area contributed by atoms with Gasteiger partial charge >= 0.3 is 6.09 Å². The predicted molar refractivity (Wildman–Crippen MR) is 148 cm³/mol. The first-order valence-electron chi connectivity index (χ1n) is 11.4. The third-order valence-corrected chi connectivity index (χ3v) is 7.01. The smallest absolute Gasteiger partial charge is 0.414 e. The Balaban J connectivity index is 1.87. The number of H-pyrrole nitrogens is 1. The number of hydrogen-bond donors (Lipinski definition) is 1. The number of halogens is 1. The number of nitrogens with zero attached hydrogens (tertiary/aromatic N) is 1. The number of carbonyl (C=O) groups excluding carboxylic acids is 1. The molecule has 0 unspecified atom stereocenters. The van der Waals surface area contributed by atoms with Gasteiger partial charge in [0.1, 0.15) is 16.1 Å². The van der Waals surface area contributed by atoms with Crippen molar-refractivity contribution in [1.82, 2.24) is 4.98 Å². The molecule has 0 aliphatic heterocycles. The van der Waals surface area contributed by atoms with Gasteiger partial charge in [0.05, 0.1) is 12.6 Å². The first-order valence-corrected chi connectivity index (χ1v) is 13.1. The van der Waals surface area contributed by atoms with Crippen LogP contribution in [0.15, 0.2) is 51.0 Å². The highest BCUT2D eigenvalue weighted by atomic mass is 79.9. The maximum atomic E-state index is 13.0. The number of nitrogens with one attached hydrogen (secondary N) is 1. The van der Waals surface area contributed by atoms with Crippen molar-refractivity contribution in [3.05, 3.63) is 56.6 Å². The van der Waals surface area contributed by atoms with E-state index in [-0.39, 0.29) is 17.6 Å². The Labute approximate surface area is 217 Å². The molecule has 0 spiro atoms. The summed E-state index contributed by atoms with van der Waals surface area (Å²) in [5, 5.41) is 3.71. The van der Waals surface area contributed by atoms with Crippen LogP contribution in [0.5, 0.6) is 5.75 Å². The number of carbonyl (C=O) groups is 1. The predicted octanol–water partition coefficient (Wildman–Crippen LogP) is 7.58. The Morgan fingerprint density at radius 2 is 1.86 bits per heavy atom. The summed E-state index contributed by atoms with van der Waals surface area (Å²) in [6.07, 6.45) is -0.372. The number of anilines is 1. The minimum atomic E-state index is -0.585. The SMILES string of the molecule is COc1cc(Br)c2[nH]c(=O)c3sccc3c2c1-c1ccc(N(CC(C)C)C(=O)OC(C)(C)C)cc1. The lowest BCUT2D eigenvalue weighted by molar-refractivity contribution is 0.0576. The van der Waals surface area contributed by atoms with Gasteiger partial charge in [0, 0.05) is 33.0 Å². The Hall–Kier alpha value is -2.84. The van der Waals surface area contributed by atoms with Gasteiger partial charge in [-0.1, -0.05) is 26.0 Å². The molecule has 0 saturated carbocycles. The minimum absolute atomic E-state index is 0.114. The molecule has 0 aliphatic rings. The summed E-state index contributed by atoms with van der Waals surface area (Å²) in [6, 6.07) is 11.6. The lowest BCUT2D eigenvalue weighted by atomic mass is 9.97. The first-order chi connectivity index (χ1) is 16.5. The first kappa shape index (κ1) is 25.3. The van der Waals surface area contributed by atoms with E-state index in [9.17, 15) is 9.59 Å². The number of pyridine rings is 1. The van der Waals surface area contributed by atoms with Crippen molar-refractivity contribution in [2.75, 3.05) is 18.6 Å². The molecule has 1 amide bonds. The normalized spacial score (nSPS) is 11.9. The molecule has 35 heavy (non-hydrogen) atoms. The second kappa shape index (κ2) is 9.66. The number of hydrogen-bond acceptors (Lipinski definition) is 5. The van der Waals surface area contributed by atoms with E-state index < -0.39 is 5.60 Å². The van der Waals surface area contributed by atoms with Crippen molar-refractivity contribution in [2.45, 2.75) is 40.2 Å². The van der Waals surface area contributed by atoms with Gasteiger partial charge in [-0.25, -0.2) is 4.79 Å². The van der Waals surface area contributed by atoms with E-state index >= 15 is 0 Å². The van der Waals surface area contributed by atoms with Crippen LogP contribution in [0.3, 0.4) is 0 Å². The van der Waals surface area contributed by atoms with E-state index in [4.69, 9.17) is 9.47 Å². The molecule has 0 radical (unpaired) electrons. The Morgan fingerprint density at radius 3 is 2.46 bits per heavy atom. The maximum absolute atomic E-state index is 13.0. The fourth-order valence-electron chi connectivity index (χ4n) is 4.09. The molecule has 0 saturated heterocycles. The maximum Gasteiger partial charge on any atom is 0.414 e. The number of ether oxygens (including phenoxy) is 2. The van der Waals surface area contributed by atoms with Crippen molar-refractivity contribution in [2.24, 2.45) is 5.92 Å². The standard InChI is InChI=1S/C27H29BrN2O4S/c1-15(2)14-30(26(32)34-27(3,4)5)17-9-7-16(8-10-17)21-20(33-6)13-19(28)23-22(21)18-11-12-35-24(18)25(31)29-23/h7-13,15H,14H2,1-6H3,(H,29,31). The number of thiophene rings is 1. The number of aromatic amines is 1. The van der Waals surface area contributed by atoms with Gasteiger partial charge in [0.15, 0.2) is 0 Å². The molecule has 2 heterocycles. The molecule has 0 atom stereocenters. The van der Waals surface area contributed by atoms with Crippen molar-refractivity contribution >= 4 is 60.0 Å². The number of benzene rings is 2. The summed E-state index contributed by atoms with van der Waals surface area (Å²) in [4.78, 5) is 30.3. The molecular weight excluding hydrogens is 528 g/mol. The molecule has 0 fully saturated rings. The van der Waals surface area contributed by atoms with E-state index in [0.29, 0.717) is 17.0 Å². The van der Waals surface area contributed by atoms with Gasteiger partial charge in [-0.2, -0.15) is 0 Å². The van der Waals surface area contributed by atoms with E-state index in [2.05, 4.69) is 34.8 Å². The van der Waals surface area contributed by atoms with Crippen LogP contribution in [0.2, 0.25) is 0 Å². The quantitative estimate of drug-likeness (QED) is 0.275. The summed E-state index contributed by atoms with van der Waals surface area (Å²) in [7, 11) is 1.63. The van der Waals surface area contributed by atoms with Gasteiger partial charge < -0.3 is 14.5 Å². The molecule has 1 N–H and O–H groups in total. The van der Waals surface area contributed by atoms with Crippen LogP contribution < -0.4 is 15.2 Å². The van der Waals surface area contributed by atoms with Crippen LogP contribution in [0.25, 0.3) is 32.1 Å². The average molecular weight is 558 g/mol. The fraction of sp³-hybridized carbons (Fsp3) is 0.333. The van der Waals surface area contributed by atoms with Crippen LogP contribution in [0.4, 0.5) is 10.5 Å². The van der Waals surface area contributed by atoms with Gasteiger partial charge in [0.2, 0.25) is 0 Å². The van der Waals surface area contributed by atoms with E-state index in [1.807, 2.05) is 62.5 Å². The van der Waals surface area contributed by atoms with Crippen molar-refractivity contribution in [1.29, 1.82) is 0 Å². The lowest BCUT2D eigenvalue weighted by Crippen LogP contribution is -2.39.